The summed E-state index contributed by atoms with van der Waals surface area (Å²) in [6, 6.07) is 0. The van der Waals surface area contributed by atoms with Crippen molar-refractivity contribution in [1.82, 2.24) is 14.8 Å². The van der Waals surface area contributed by atoms with Gasteiger partial charge < -0.3 is 9.30 Å². The number of ether oxygens (including phenoxy) is 1. The van der Waals surface area contributed by atoms with Gasteiger partial charge in [-0.2, -0.15) is 0 Å². The maximum Gasteiger partial charge on any atom is 0.147 e. The molecule has 1 aromatic heterocycles. The van der Waals surface area contributed by atoms with Crippen LogP contribution in [0.4, 0.5) is 0 Å². The average Bonchev–Trinajstić information content (AvgIpc) is 2.64. The van der Waals surface area contributed by atoms with Gasteiger partial charge in [-0.05, 0) is 12.3 Å². The van der Waals surface area contributed by atoms with Crippen LogP contribution in [0.1, 0.15) is 26.1 Å². The van der Waals surface area contributed by atoms with Crippen LogP contribution in [0, 0.1) is 5.92 Å². The molecule has 0 unspecified atom stereocenters. The topological polar surface area (TPSA) is 39.9 Å². The minimum Gasteiger partial charge on any atom is -0.380 e. The summed E-state index contributed by atoms with van der Waals surface area (Å²) in [4.78, 5) is 0. The van der Waals surface area contributed by atoms with Gasteiger partial charge in [-0.15, -0.1) is 21.8 Å². The largest absolute Gasteiger partial charge is 0.380 e. The molecule has 4 nitrogen and oxygen atoms in total. The minimum atomic E-state index is 0.395. The number of alkyl halides is 1. The molecule has 5 heteroatoms. The Kier molecular flexibility index (Phi) is 5.65. The molecule has 1 heterocycles. The zero-order chi connectivity index (χ0) is 11.1. The first kappa shape index (κ1) is 12.5. The SMILES string of the molecule is CC(C)CCOCCn1cnnc1CCl. The molecule has 86 valence electrons. The Balaban J connectivity index is 2.15. The lowest BCUT2D eigenvalue weighted by Crippen LogP contribution is -2.09. The molecule has 0 aliphatic rings. The zero-order valence-corrected chi connectivity index (χ0v) is 10.1. The van der Waals surface area contributed by atoms with E-state index in [-0.39, 0.29) is 0 Å². The number of hydrogen-bond donors (Lipinski definition) is 0. The van der Waals surface area contributed by atoms with E-state index < -0.39 is 0 Å². The van der Waals surface area contributed by atoms with Crippen LogP contribution in [0.2, 0.25) is 0 Å². The third kappa shape index (κ3) is 4.62. The summed E-state index contributed by atoms with van der Waals surface area (Å²) in [5.74, 6) is 1.88. The highest BCUT2D eigenvalue weighted by Crippen LogP contribution is 2.01. The van der Waals surface area contributed by atoms with Gasteiger partial charge in [-0.25, -0.2) is 0 Å². The molecule has 0 radical (unpaired) electrons. The van der Waals surface area contributed by atoms with Gasteiger partial charge in [0, 0.05) is 13.2 Å². The molecule has 1 aromatic rings. The van der Waals surface area contributed by atoms with E-state index in [4.69, 9.17) is 16.3 Å². The first-order chi connectivity index (χ1) is 7.24. The van der Waals surface area contributed by atoms with E-state index in [1.165, 1.54) is 0 Å². The highest BCUT2D eigenvalue weighted by atomic mass is 35.5. The lowest BCUT2D eigenvalue weighted by atomic mass is 10.1. The Hall–Kier alpha value is -0.610. The van der Waals surface area contributed by atoms with Crippen LogP contribution in [0.5, 0.6) is 0 Å². The third-order valence-corrected chi connectivity index (χ3v) is 2.37. The van der Waals surface area contributed by atoms with E-state index in [1.807, 2.05) is 4.57 Å². The predicted molar refractivity (Wildman–Crippen MR) is 59.9 cm³/mol. The van der Waals surface area contributed by atoms with E-state index >= 15 is 0 Å². The molecule has 0 amide bonds. The normalized spacial score (nSPS) is 11.2. The van der Waals surface area contributed by atoms with E-state index in [9.17, 15) is 0 Å². The second kappa shape index (κ2) is 6.80. The molecular weight excluding hydrogens is 214 g/mol. The van der Waals surface area contributed by atoms with Crippen LogP contribution in [0.3, 0.4) is 0 Å². The summed E-state index contributed by atoms with van der Waals surface area (Å²) < 4.78 is 7.42. The van der Waals surface area contributed by atoms with Crippen molar-refractivity contribution in [2.75, 3.05) is 13.2 Å². The molecule has 0 N–H and O–H groups in total. The van der Waals surface area contributed by atoms with E-state index in [2.05, 4.69) is 24.0 Å². The first-order valence-corrected chi connectivity index (χ1v) is 5.78. The van der Waals surface area contributed by atoms with Crippen molar-refractivity contribution in [2.24, 2.45) is 5.92 Å². The highest BCUT2D eigenvalue weighted by molar-refractivity contribution is 6.16. The van der Waals surface area contributed by atoms with Gasteiger partial charge in [0.05, 0.1) is 12.5 Å². The van der Waals surface area contributed by atoms with Gasteiger partial charge in [-0.3, -0.25) is 0 Å². The van der Waals surface area contributed by atoms with E-state index in [0.29, 0.717) is 18.4 Å². The van der Waals surface area contributed by atoms with Gasteiger partial charge in [0.2, 0.25) is 0 Å². The Labute approximate surface area is 95.6 Å². The second-order valence-electron chi connectivity index (χ2n) is 3.87. The van der Waals surface area contributed by atoms with Crippen LogP contribution in [0.15, 0.2) is 6.33 Å². The standard InChI is InChI=1S/C10H18ClN3O/c1-9(2)3-5-15-6-4-14-8-12-13-10(14)7-11/h8-9H,3-7H2,1-2H3. The monoisotopic (exact) mass is 231 g/mol. The summed E-state index contributed by atoms with van der Waals surface area (Å²) in [6.07, 6.45) is 2.79. The smallest absolute Gasteiger partial charge is 0.147 e. The molecular formula is C10H18ClN3O. The molecule has 0 fully saturated rings. The van der Waals surface area contributed by atoms with Gasteiger partial charge in [0.1, 0.15) is 12.2 Å². The minimum absolute atomic E-state index is 0.395. The van der Waals surface area contributed by atoms with Crippen LogP contribution < -0.4 is 0 Å². The highest BCUT2D eigenvalue weighted by Gasteiger charge is 2.01. The molecule has 0 aromatic carbocycles. The van der Waals surface area contributed by atoms with Crippen molar-refractivity contribution in [1.29, 1.82) is 0 Å². The average molecular weight is 232 g/mol. The quantitative estimate of drug-likeness (QED) is 0.533. The summed E-state index contributed by atoms with van der Waals surface area (Å²) in [5, 5.41) is 7.68. The van der Waals surface area contributed by atoms with Crippen molar-refractivity contribution in [2.45, 2.75) is 32.7 Å². The lowest BCUT2D eigenvalue weighted by molar-refractivity contribution is 0.116. The maximum absolute atomic E-state index is 5.69. The summed E-state index contributed by atoms with van der Waals surface area (Å²) >= 11 is 5.69. The van der Waals surface area contributed by atoms with Crippen molar-refractivity contribution in [3.8, 4) is 0 Å². The van der Waals surface area contributed by atoms with Gasteiger partial charge in [0.15, 0.2) is 0 Å². The number of rotatable bonds is 7. The Morgan fingerprint density at radius 3 is 2.93 bits per heavy atom. The van der Waals surface area contributed by atoms with E-state index in [1.54, 1.807) is 6.33 Å². The number of halogens is 1. The molecule has 0 aliphatic heterocycles. The Morgan fingerprint density at radius 1 is 1.47 bits per heavy atom. The number of hydrogen-bond acceptors (Lipinski definition) is 3. The fraction of sp³-hybridized carbons (Fsp3) is 0.800. The number of nitrogens with zero attached hydrogens (tertiary/aromatic N) is 3. The first-order valence-electron chi connectivity index (χ1n) is 5.24. The molecule has 0 spiro atoms. The van der Waals surface area contributed by atoms with Crippen molar-refractivity contribution >= 4 is 11.6 Å². The van der Waals surface area contributed by atoms with Crippen molar-refractivity contribution < 1.29 is 4.74 Å². The predicted octanol–water partition coefficient (Wildman–Crippen LogP) is 2.08. The molecule has 0 saturated heterocycles. The summed E-state index contributed by atoms with van der Waals surface area (Å²) in [6.45, 7) is 6.65. The third-order valence-electron chi connectivity index (χ3n) is 2.13. The fourth-order valence-corrected chi connectivity index (χ4v) is 1.36. The molecule has 0 bridgehead atoms. The Bertz CT molecular complexity index is 275. The zero-order valence-electron chi connectivity index (χ0n) is 9.32. The van der Waals surface area contributed by atoms with Crippen LogP contribution >= 0.6 is 11.6 Å². The van der Waals surface area contributed by atoms with Crippen LogP contribution in [-0.4, -0.2) is 28.0 Å². The van der Waals surface area contributed by atoms with Crippen LogP contribution in [-0.2, 0) is 17.2 Å². The lowest BCUT2D eigenvalue weighted by Gasteiger charge is -2.07. The van der Waals surface area contributed by atoms with Crippen LogP contribution in [0.25, 0.3) is 0 Å². The molecule has 1 rings (SSSR count). The fourth-order valence-electron chi connectivity index (χ4n) is 1.15. The molecule has 0 saturated carbocycles. The number of aromatic nitrogens is 3. The molecule has 0 atom stereocenters. The maximum atomic E-state index is 5.69. The Morgan fingerprint density at radius 2 is 2.27 bits per heavy atom. The molecule has 15 heavy (non-hydrogen) atoms. The van der Waals surface area contributed by atoms with E-state index in [0.717, 1.165) is 25.4 Å². The molecule has 0 aliphatic carbocycles. The van der Waals surface area contributed by atoms with Gasteiger partial charge >= 0.3 is 0 Å². The summed E-state index contributed by atoms with van der Waals surface area (Å²) in [7, 11) is 0. The second-order valence-corrected chi connectivity index (χ2v) is 4.14. The van der Waals surface area contributed by atoms with Gasteiger partial charge in [0.25, 0.3) is 0 Å². The van der Waals surface area contributed by atoms with Crippen molar-refractivity contribution in [3.05, 3.63) is 12.2 Å². The summed E-state index contributed by atoms with van der Waals surface area (Å²) in [5.41, 5.74) is 0. The van der Waals surface area contributed by atoms with Gasteiger partial charge in [-0.1, -0.05) is 13.8 Å². The van der Waals surface area contributed by atoms with Crippen molar-refractivity contribution in [3.63, 3.8) is 0 Å².